The molecule has 1 saturated carbocycles. The van der Waals surface area contributed by atoms with Crippen LogP contribution in [0.1, 0.15) is 24.8 Å². The zero-order chi connectivity index (χ0) is 19.2. The molecule has 1 unspecified atom stereocenters. The van der Waals surface area contributed by atoms with Gasteiger partial charge in [0.25, 0.3) is 0 Å². The number of carbonyl (C=O) groups is 2. The van der Waals surface area contributed by atoms with Crippen molar-refractivity contribution in [3.63, 3.8) is 0 Å². The first-order valence-electron chi connectivity index (χ1n) is 9.52. The van der Waals surface area contributed by atoms with Crippen LogP contribution in [0, 0.1) is 12.8 Å². The quantitative estimate of drug-likeness (QED) is 0.762. The molecule has 146 valence electrons. The summed E-state index contributed by atoms with van der Waals surface area (Å²) in [5.41, 5.74) is 0.723. The van der Waals surface area contributed by atoms with Crippen LogP contribution in [0.3, 0.4) is 0 Å². The minimum Gasteiger partial charge on any atom is -0.340 e. The molecule has 0 radical (unpaired) electrons. The molecule has 2 aliphatic heterocycles. The van der Waals surface area contributed by atoms with Crippen molar-refractivity contribution in [1.29, 1.82) is 0 Å². The summed E-state index contributed by atoms with van der Waals surface area (Å²) in [7, 11) is -3.55. The molecule has 1 aromatic rings. The molecule has 7 nitrogen and oxygen atoms in total. The van der Waals surface area contributed by atoms with Crippen molar-refractivity contribution < 1.29 is 18.0 Å². The van der Waals surface area contributed by atoms with Gasteiger partial charge >= 0.3 is 0 Å². The first-order valence-corrected chi connectivity index (χ1v) is 11.0. The van der Waals surface area contributed by atoms with Gasteiger partial charge in [-0.1, -0.05) is 18.2 Å². The number of likely N-dealkylation sites (tertiary alicyclic amines) is 1. The maximum Gasteiger partial charge on any atom is 0.243 e. The molecule has 0 N–H and O–H groups in total. The van der Waals surface area contributed by atoms with E-state index in [9.17, 15) is 18.0 Å². The Hall–Kier alpha value is -1.93. The third kappa shape index (κ3) is 3.48. The number of benzene rings is 1. The minimum atomic E-state index is -3.55. The maximum absolute atomic E-state index is 12.9. The summed E-state index contributed by atoms with van der Waals surface area (Å²) < 4.78 is 27.2. The average Bonchev–Trinajstić information content (AvgIpc) is 3.43. The van der Waals surface area contributed by atoms with Gasteiger partial charge in [0.1, 0.15) is 0 Å². The van der Waals surface area contributed by atoms with E-state index in [2.05, 4.69) is 0 Å². The fraction of sp³-hybridized carbons (Fsp3) is 0.579. The number of carbonyl (C=O) groups excluding carboxylic acids is 2. The lowest BCUT2D eigenvalue weighted by atomic mass is 10.1. The molecule has 2 amide bonds. The monoisotopic (exact) mass is 391 g/mol. The second kappa shape index (κ2) is 6.91. The number of amides is 2. The molecule has 2 saturated heterocycles. The third-order valence-corrected chi connectivity index (χ3v) is 7.82. The molecule has 1 aliphatic carbocycles. The number of hydrogen-bond acceptors (Lipinski definition) is 4. The highest BCUT2D eigenvalue weighted by atomic mass is 32.2. The Labute approximate surface area is 160 Å². The number of aryl methyl sites for hydroxylation is 1. The van der Waals surface area contributed by atoms with Crippen molar-refractivity contribution in [2.75, 3.05) is 32.7 Å². The molecule has 0 aromatic heterocycles. The van der Waals surface area contributed by atoms with E-state index in [1.807, 2.05) is 11.0 Å². The van der Waals surface area contributed by atoms with E-state index in [-0.39, 0.29) is 37.2 Å². The molecule has 2 heterocycles. The highest BCUT2D eigenvalue weighted by molar-refractivity contribution is 7.89. The van der Waals surface area contributed by atoms with Crippen LogP contribution < -0.4 is 0 Å². The fourth-order valence-corrected chi connectivity index (χ4v) is 5.68. The lowest BCUT2D eigenvalue weighted by Gasteiger charge is -2.35. The summed E-state index contributed by atoms with van der Waals surface area (Å²) >= 11 is 0. The first-order chi connectivity index (χ1) is 12.9. The molecular formula is C19H25N3O4S. The summed E-state index contributed by atoms with van der Waals surface area (Å²) in [6.45, 7) is 3.63. The van der Waals surface area contributed by atoms with Gasteiger partial charge in [-0.25, -0.2) is 8.42 Å². The lowest BCUT2D eigenvalue weighted by Crippen LogP contribution is -2.52. The highest BCUT2D eigenvalue weighted by Gasteiger charge is 2.43. The Morgan fingerprint density at radius 1 is 1.07 bits per heavy atom. The predicted octanol–water partition coefficient (Wildman–Crippen LogP) is 0.839. The van der Waals surface area contributed by atoms with Crippen molar-refractivity contribution >= 4 is 21.8 Å². The van der Waals surface area contributed by atoms with Gasteiger partial charge in [-0.2, -0.15) is 4.31 Å². The third-order valence-electron chi connectivity index (χ3n) is 5.76. The second-order valence-electron chi connectivity index (χ2n) is 7.67. The van der Waals surface area contributed by atoms with Gasteiger partial charge in [0.2, 0.25) is 21.8 Å². The number of nitrogens with zero attached hydrogens (tertiary/aromatic N) is 3. The summed E-state index contributed by atoms with van der Waals surface area (Å²) in [5.74, 6) is -0.214. The van der Waals surface area contributed by atoms with E-state index in [1.54, 1.807) is 30.0 Å². The highest BCUT2D eigenvalue weighted by Crippen LogP contribution is 2.33. The van der Waals surface area contributed by atoms with E-state index in [0.29, 0.717) is 30.6 Å². The molecule has 27 heavy (non-hydrogen) atoms. The molecule has 3 aliphatic rings. The van der Waals surface area contributed by atoms with Crippen LogP contribution in [0.5, 0.6) is 0 Å². The SMILES string of the molecule is Cc1ccccc1S(=O)(=O)N1CCN(C(=O)C2CC(=O)N(C3CC3)C2)CC1. The van der Waals surface area contributed by atoms with Crippen molar-refractivity contribution in [3.8, 4) is 0 Å². The number of hydrogen-bond donors (Lipinski definition) is 0. The van der Waals surface area contributed by atoms with E-state index in [0.717, 1.165) is 18.4 Å². The van der Waals surface area contributed by atoms with Crippen LogP contribution in [0.15, 0.2) is 29.2 Å². The van der Waals surface area contributed by atoms with Gasteiger partial charge < -0.3 is 9.80 Å². The molecule has 0 bridgehead atoms. The molecule has 1 atom stereocenters. The number of sulfonamides is 1. The van der Waals surface area contributed by atoms with Crippen molar-refractivity contribution in [1.82, 2.24) is 14.1 Å². The zero-order valence-corrected chi connectivity index (χ0v) is 16.3. The Morgan fingerprint density at radius 2 is 1.74 bits per heavy atom. The van der Waals surface area contributed by atoms with Crippen LogP contribution in [0.25, 0.3) is 0 Å². The largest absolute Gasteiger partial charge is 0.340 e. The van der Waals surface area contributed by atoms with Gasteiger partial charge in [0.05, 0.1) is 10.8 Å². The number of piperazine rings is 1. The summed E-state index contributed by atoms with van der Waals surface area (Å²) in [6, 6.07) is 7.29. The van der Waals surface area contributed by atoms with Gasteiger partial charge in [0.15, 0.2) is 0 Å². The minimum absolute atomic E-state index is 0.0144. The topological polar surface area (TPSA) is 78.0 Å². The van der Waals surface area contributed by atoms with Gasteiger partial charge in [-0.05, 0) is 31.4 Å². The van der Waals surface area contributed by atoms with Gasteiger partial charge in [-0.3, -0.25) is 9.59 Å². The Bertz CT molecular complexity index is 857. The average molecular weight is 391 g/mol. The smallest absolute Gasteiger partial charge is 0.243 e. The van der Waals surface area contributed by atoms with Gasteiger partial charge in [-0.15, -0.1) is 0 Å². The summed E-state index contributed by atoms with van der Waals surface area (Å²) in [6.07, 6.45) is 2.38. The Balaban J connectivity index is 1.38. The van der Waals surface area contributed by atoms with Crippen LogP contribution in [0.4, 0.5) is 0 Å². The molecule has 1 aromatic carbocycles. The van der Waals surface area contributed by atoms with E-state index in [4.69, 9.17) is 0 Å². The van der Waals surface area contributed by atoms with Crippen LogP contribution in [0.2, 0.25) is 0 Å². The zero-order valence-electron chi connectivity index (χ0n) is 15.5. The Morgan fingerprint density at radius 3 is 2.37 bits per heavy atom. The first kappa shape index (κ1) is 18.4. The van der Waals surface area contributed by atoms with E-state index in [1.165, 1.54) is 4.31 Å². The second-order valence-corrected chi connectivity index (χ2v) is 9.58. The van der Waals surface area contributed by atoms with Crippen molar-refractivity contribution in [2.45, 2.75) is 37.1 Å². The normalized spacial score (nSPS) is 24.5. The maximum atomic E-state index is 12.9. The molecular weight excluding hydrogens is 366 g/mol. The van der Waals surface area contributed by atoms with Crippen LogP contribution >= 0.6 is 0 Å². The molecule has 8 heteroatoms. The van der Waals surface area contributed by atoms with E-state index >= 15 is 0 Å². The summed E-state index contributed by atoms with van der Waals surface area (Å²) in [4.78, 5) is 28.8. The summed E-state index contributed by atoms with van der Waals surface area (Å²) in [5, 5.41) is 0. The van der Waals surface area contributed by atoms with E-state index < -0.39 is 10.0 Å². The fourth-order valence-electron chi connectivity index (χ4n) is 4.03. The number of rotatable bonds is 4. The standard InChI is InChI=1S/C19H25N3O4S/c1-14-4-2-3-5-17(14)27(25,26)21-10-8-20(9-11-21)19(24)15-12-18(23)22(13-15)16-6-7-16/h2-5,15-16H,6-13H2,1H3. The lowest BCUT2D eigenvalue weighted by molar-refractivity contribution is -0.137. The molecule has 3 fully saturated rings. The van der Waals surface area contributed by atoms with Crippen LogP contribution in [-0.2, 0) is 19.6 Å². The predicted molar refractivity (Wildman–Crippen MR) is 99.4 cm³/mol. The molecule has 0 spiro atoms. The van der Waals surface area contributed by atoms with Crippen LogP contribution in [-0.4, -0.2) is 73.1 Å². The Kier molecular flexibility index (Phi) is 4.71. The molecule has 4 rings (SSSR count). The van der Waals surface area contributed by atoms with Gasteiger partial charge in [0, 0.05) is 45.2 Å². The van der Waals surface area contributed by atoms with Crippen molar-refractivity contribution in [2.24, 2.45) is 5.92 Å². The van der Waals surface area contributed by atoms with Crippen molar-refractivity contribution in [3.05, 3.63) is 29.8 Å².